The molecule has 0 atom stereocenters. The zero-order valence-electron chi connectivity index (χ0n) is 8.44. The topological polar surface area (TPSA) is 26.0 Å². The summed E-state index contributed by atoms with van der Waals surface area (Å²) in [7, 11) is 0. The lowest BCUT2D eigenvalue weighted by atomic mass is 9.85. The van der Waals surface area contributed by atoms with Crippen molar-refractivity contribution in [1.82, 2.24) is 0 Å². The molecule has 0 radical (unpaired) electrons. The number of hydrogen-bond acceptors (Lipinski definition) is 1. The molecule has 0 spiro atoms. The normalized spacial score (nSPS) is 14.3. The highest BCUT2D eigenvalue weighted by molar-refractivity contribution is 5.12. The number of allylic oxidation sites excluding steroid dienone is 1. The van der Waals surface area contributed by atoms with Crippen LogP contribution in [0.2, 0.25) is 0 Å². The van der Waals surface area contributed by atoms with Gasteiger partial charge in [0.1, 0.15) is 0 Å². The Morgan fingerprint density at radius 3 is 1.91 bits per heavy atom. The molecule has 2 N–H and O–H groups in total. The van der Waals surface area contributed by atoms with Gasteiger partial charge >= 0.3 is 0 Å². The van der Waals surface area contributed by atoms with E-state index < -0.39 is 0 Å². The van der Waals surface area contributed by atoms with E-state index in [2.05, 4.69) is 40.7 Å². The van der Waals surface area contributed by atoms with Crippen LogP contribution in [-0.4, -0.2) is 6.54 Å². The third kappa shape index (κ3) is 4.20. The van der Waals surface area contributed by atoms with Gasteiger partial charge in [0.05, 0.1) is 0 Å². The lowest BCUT2D eigenvalue weighted by Crippen LogP contribution is -2.18. The van der Waals surface area contributed by atoms with Crippen LogP contribution in [0.15, 0.2) is 11.6 Å². The third-order valence-electron chi connectivity index (χ3n) is 1.72. The molecule has 11 heavy (non-hydrogen) atoms. The second-order valence-electron chi connectivity index (χ2n) is 4.39. The monoisotopic (exact) mass is 155 g/mol. The molecule has 0 amide bonds. The summed E-state index contributed by atoms with van der Waals surface area (Å²) in [4.78, 5) is 0. The average Bonchev–Trinajstić information content (AvgIpc) is 1.79. The van der Waals surface area contributed by atoms with Crippen LogP contribution in [-0.2, 0) is 0 Å². The summed E-state index contributed by atoms with van der Waals surface area (Å²) in [5.41, 5.74) is 7.23. The largest absolute Gasteiger partial charge is 0.327 e. The summed E-state index contributed by atoms with van der Waals surface area (Å²) in [5.74, 6) is 0.604. The first-order valence-electron chi connectivity index (χ1n) is 4.29. The molecule has 0 saturated heterocycles. The van der Waals surface area contributed by atoms with E-state index in [1.165, 1.54) is 5.57 Å². The maximum atomic E-state index is 5.64. The van der Waals surface area contributed by atoms with Gasteiger partial charge in [-0.1, -0.05) is 46.3 Å². The molecule has 0 aromatic heterocycles. The molecule has 1 nitrogen and oxygen atoms in total. The second-order valence-corrected chi connectivity index (χ2v) is 4.39. The molecule has 0 rings (SSSR count). The van der Waals surface area contributed by atoms with Gasteiger partial charge in [-0.15, -0.1) is 0 Å². The van der Waals surface area contributed by atoms with Gasteiger partial charge in [0.2, 0.25) is 0 Å². The van der Waals surface area contributed by atoms with Gasteiger partial charge in [0.25, 0.3) is 0 Å². The van der Waals surface area contributed by atoms with Crippen molar-refractivity contribution in [1.29, 1.82) is 0 Å². The van der Waals surface area contributed by atoms with E-state index in [9.17, 15) is 0 Å². The van der Waals surface area contributed by atoms with Gasteiger partial charge in [0.15, 0.2) is 0 Å². The minimum Gasteiger partial charge on any atom is -0.327 e. The van der Waals surface area contributed by atoms with Crippen molar-refractivity contribution in [2.45, 2.75) is 34.6 Å². The van der Waals surface area contributed by atoms with Crippen LogP contribution in [0.25, 0.3) is 0 Å². The summed E-state index contributed by atoms with van der Waals surface area (Å²) in [6.07, 6.45) is 2.26. The first-order chi connectivity index (χ1) is 4.88. The standard InChI is InChI=1S/C10H21N/c1-8(2)6-9(7-11)10(3,4)5/h6,8H,7,11H2,1-5H3/b9-6+. The van der Waals surface area contributed by atoms with Crippen LogP contribution >= 0.6 is 0 Å². The smallest absolute Gasteiger partial charge is 0.0142 e. The summed E-state index contributed by atoms with van der Waals surface area (Å²) >= 11 is 0. The Morgan fingerprint density at radius 1 is 1.36 bits per heavy atom. The maximum Gasteiger partial charge on any atom is 0.0142 e. The van der Waals surface area contributed by atoms with Gasteiger partial charge in [-0.2, -0.15) is 0 Å². The maximum absolute atomic E-state index is 5.64. The summed E-state index contributed by atoms with van der Waals surface area (Å²) < 4.78 is 0. The molecular weight excluding hydrogens is 134 g/mol. The zero-order valence-corrected chi connectivity index (χ0v) is 8.44. The Bertz CT molecular complexity index is 137. The predicted molar refractivity (Wildman–Crippen MR) is 51.4 cm³/mol. The molecule has 0 aliphatic rings. The van der Waals surface area contributed by atoms with Crippen LogP contribution in [0, 0.1) is 11.3 Å². The summed E-state index contributed by atoms with van der Waals surface area (Å²) in [6, 6.07) is 0. The average molecular weight is 155 g/mol. The molecule has 0 saturated carbocycles. The molecule has 66 valence electrons. The van der Waals surface area contributed by atoms with Crippen molar-refractivity contribution < 1.29 is 0 Å². The summed E-state index contributed by atoms with van der Waals surface area (Å²) in [5, 5.41) is 0. The van der Waals surface area contributed by atoms with Crippen molar-refractivity contribution in [2.75, 3.05) is 6.54 Å². The first-order valence-corrected chi connectivity index (χ1v) is 4.29. The minimum atomic E-state index is 0.235. The van der Waals surface area contributed by atoms with Crippen molar-refractivity contribution in [3.05, 3.63) is 11.6 Å². The van der Waals surface area contributed by atoms with Gasteiger partial charge in [0, 0.05) is 6.54 Å². The molecule has 0 aliphatic heterocycles. The van der Waals surface area contributed by atoms with Crippen molar-refractivity contribution in [2.24, 2.45) is 17.1 Å². The molecule has 0 heterocycles. The van der Waals surface area contributed by atoms with Gasteiger partial charge < -0.3 is 5.73 Å². The van der Waals surface area contributed by atoms with Gasteiger partial charge in [-0.3, -0.25) is 0 Å². The van der Waals surface area contributed by atoms with Crippen LogP contribution in [0.5, 0.6) is 0 Å². The summed E-state index contributed by atoms with van der Waals surface area (Å²) in [6.45, 7) is 11.7. The van der Waals surface area contributed by atoms with E-state index in [4.69, 9.17) is 5.73 Å². The fraction of sp³-hybridized carbons (Fsp3) is 0.800. The number of hydrogen-bond donors (Lipinski definition) is 1. The Hall–Kier alpha value is -0.300. The van der Waals surface area contributed by atoms with E-state index >= 15 is 0 Å². The molecule has 0 aromatic carbocycles. The van der Waals surface area contributed by atoms with Crippen LogP contribution in [0.1, 0.15) is 34.6 Å². The van der Waals surface area contributed by atoms with Crippen molar-refractivity contribution in [3.63, 3.8) is 0 Å². The highest BCUT2D eigenvalue weighted by Crippen LogP contribution is 2.25. The molecule has 0 fully saturated rings. The van der Waals surface area contributed by atoms with E-state index in [0.29, 0.717) is 12.5 Å². The second kappa shape index (κ2) is 3.91. The van der Waals surface area contributed by atoms with Crippen LogP contribution in [0.3, 0.4) is 0 Å². The van der Waals surface area contributed by atoms with Crippen LogP contribution < -0.4 is 5.73 Å². The van der Waals surface area contributed by atoms with E-state index in [1.807, 2.05) is 0 Å². The lowest BCUT2D eigenvalue weighted by molar-refractivity contribution is 0.489. The molecule has 0 bridgehead atoms. The van der Waals surface area contributed by atoms with Crippen LogP contribution in [0.4, 0.5) is 0 Å². The van der Waals surface area contributed by atoms with Gasteiger partial charge in [-0.05, 0) is 11.3 Å². The molecule has 1 heteroatoms. The quantitative estimate of drug-likeness (QED) is 0.609. The predicted octanol–water partition coefficient (Wildman–Crippen LogP) is 2.57. The Balaban J connectivity index is 4.41. The van der Waals surface area contributed by atoms with Gasteiger partial charge in [-0.25, -0.2) is 0 Å². The molecular formula is C10H21N. The minimum absolute atomic E-state index is 0.235. The Labute approximate surface area is 70.7 Å². The third-order valence-corrected chi connectivity index (χ3v) is 1.72. The van der Waals surface area contributed by atoms with Crippen molar-refractivity contribution in [3.8, 4) is 0 Å². The zero-order chi connectivity index (χ0) is 9.07. The Morgan fingerprint density at radius 2 is 1.82 bits per heavy atom. The van der Waals surface area contributed by atoms with E-state index in [1.54, 1.807) is 0 Å². The fourth-order valence-corrected chi connectivity index (χ4v) is 1.03. The molecule has 0 aliphatic carbocycles. The Kier molecular flexibility index (Phi) is 3.81. The highest BCUT2D eigenvalue weighted by atomic mass is 14.5. The van der Waals surface area contributed by atoms with E-state index in [-0.39, 0.29) is 5.41 Å². The van der Waals surface area contributed by atoms with Crippen molar-refractivity contribution >= 4 is 0 Å². The first kappa shape index (κ1) is 10.7. The SMILES string of the molecule is CC(C)/C=C(\CN)C(C)(C)C. The number of rotatable bonds is 2. The molecule has 0 aromatic rings. The highest BCUT2D eigenvalue weighted by Gasteiger charge is 2.15. The lowest BCUT2D eigenvalue weighted by Gasteiger charge is -2.22. The number of nitrogens with two attached hydrogens (primary N) is 1. The van der Waals surface area contributed by atoms with E-state index in [0.717, 1.165) is 0 Å². The fourth-order valence-electron chi connectivity index (χ4n) is 1.03. The molecule has 0 unspecified atom stereocenters.